The smallest absolute Gasteiger partial charge is 0.272 e. The van der Waals surface area contributed by atoms with Crippen molar-refractivity contribution >= 4 is 23.2 Å². The topological polar surface area (TPSA) is 91.8 Å². The van der Waals surface area contributed by atoms with E-state index < -0.39 is 0 Å². The molecule has 2 unspecified atom stereocenters. The molecule has 3 aliphatic rings. The summed E-state index contributed by atoms with van der Waals surface area (Å²) in [7, 11) is 1.97. The molecule has 1 aliphatic heterocycles. The van der Waals surface area contributed by atoms with Crippen molar-refractivity contribution in [3.63, 3.8) is 0 Å². The molecule has 1 saturated carbocycles. The van der Waals surface area contributed by atoms with Crippen molar-refractivity contribution in [3.8, 4) is 6.07 Å². The third-order valence-corrected chi connectivity index (χ3v) is 7.68. The van der Waals surface area contributed by atoms with Gasteiger partial charge in [-0.3, -0.25) is 4.79 Å². The van der Waals surface area contributed by atoms with Crippen molar-refractivity contribution in [2.24, 2.45) is 18.9 Å². The van der Waals surface area contributed by atoms with Gasteiger partial charge in [-0.1, -0.05) is 17.7 Å². The van der Waals surface area contributed by atoms with Crippen molar-refractivity contribution in [3.05, 3.63) is 64.2 Å². The van der Waals surface area contributed by atoms with Crippen LogP contribution in [0.5, 0.6) is 0 Å². The maximum absolute atomic E-state index is 12.8. The molecular weight excluding hydrogens is 438 g/mol. The van der Waals surface area contributed by atoms with Crippen LogP contribution in [0.4, 0.5) is 5.69 Å². The molecule has 33 heavy (non-hydrogen) atoms. The fourth-order valence-electron chi connectivity index (χ4n) is 5.32. The summed E-state index contributed by atoms with van der Waals surface area (Å²) in [5.41, 5.74) is 4.75. The van der Waals surface area contributed by atoms with Gasteiger partial charge >= 0.3 is 0 Å². The summed E-state index contributed by atoms with van der Waals surface area (Å²) in [4.78, 5) is 23.8. The normalized spacial score (nSPS) is 22.7. The zero-order valence-electron chi connectivity index (χ0n) is 18.3. The van der Waals surface area contributed by atoms with Gasteiger partial charge in [0, 0.05) is 32.0 Å². The number of halogens is 1. The number of nitrogens with one attached hydrogen (secondary N) is 1. The Kier molecular flexibility index (Phi) is 4.70. The van der Waals surface area contributed by atoms with E-state index in [0.717, 1.165) is 54.7 Å². The van der Waals surface area contributed by atoms with Crippen LogP contribution in [0.1, 0.15) is 51.9 Å². The molecule has 2 aliphatic carbocycles. The number of fused-ring (bicyclic) bond motifs is 2. The predicted molar refractivity (Wildman–Crippen MR) is 123 cm³/mol. The number of hydrogen-bond donors (Lipinski definition) is 1. The van der Waals surface area contributed by atoms with Crippen molar-refractivity contribution in [2.75, 3.05) is 18.0 Å². The minimum absolute atomic E-state index is 0.0874. The van der Waals surface area contributed by atoms with Gasteiger partial charge in [-0.05, 0) is 42.7 Å². The second-order valence-electron chi connectivity index (χ2n) is 9.39. The van der Waals surface area contributed by atoms with Gasteiger partial charge in [-0.15, -0.1) is 0 Å². The molecular formula is C24H24ClN7O. The number of aryl methyl sites for hydroxylation is 1. The van der Waals surface area contributed by atoms with E-state index in [2.05, 4.69) is 26.3 Å². The van der Waals surface area contributed by atoms with Crippen LogP contribution in [0.3, 0.4) is 0 Å². The lowest BCUT2D eigenvalue weighted by Crippen LogP contribution is -2.27. The predicted octanol–water partition coefficient (Wildman–Crippen LogP) is 3.06. The molecule has 0 spiro atoms. The molecule has 2 aromatic heterocycles. The van der Waals surface area contributed by atoms with Gasteiger partial charge in [-0.25, -0.2) is 9.97 Å². The molecule has 0 radical (unpaired) electrons. The lowest BCUT2D eigenvalue weighted by Gasteiger charge is -2.23. The Morgan fingerprint density at radius 3 is 2.88 bits per heavy atom. The zero-order chi connectivity index (χ0) is 22.7. The number of hydrogen-bond acceptors (Lipinski definition) is 5. The molecule has 3 atom stereocenters. The van der Waals surface area contributed by atoms with E-state index in [4.69, 9.17) is 11.6 Å². The van der Waals surface area contributed by atoms with E-state index >= 15 is 0 Å². The standard InChI is InChI=1S/C24H24ClN7O/c1-30-12-28-23-18(3-5-21(23)30)29-24(33)19-11-31(13-27-19)8-14-2-4-20(17(7-26)22(14)25)32-9-15-6-16(15)10-32/h2,4,11-13,15-16,18H,3,5-6,8-10H2,1H3,(H,29,33)/t15?,16?,18-/m1/s1. The molecule has 6 rings (SSSR count). The van der Waals surface area contributed by atoms with E-state index in [9.17, 15) is 10.1 Å². The van der Waals surface area contributed by atoms with Gasteiger partial charge in [0.15, 0.2) is 0 Å². The molecule has 168 valence electrons. The summed E-state index contributed by atoms with van der Waals surface area (Å²) in [5.74, 6) is 1.34. The van der Waals surface area contributed by atoms with E-state index in [1.807, 2.05) is 28.3 Å². The Morgan fingerprint density at radius 1 is 1.27 bits per heavy atom. The first-order chi connectivity index (χ1) is 16.0. The SMILES string of the molecule is Cn1cnc2c1CC[C@H]2NC(=O)c1cn(Cc2ccc(N3CC4CC4C3)c(C#N)c2Cl)cn1. The van der Waals surface area contributed by atoms with Gasteiger partial charge in [0.1, 0.15) is 11.8 Å². The Balaban J connectivity index is 1.16. The second-order valence-corrected chi connectivity index (χ2v) is 9.77. The van der Waals surface area contributed by atoms with Crippen LogP contribution in [0.25, 0.3) is 0 Å². The van der Waals surface area contributed by atoms with Gasteiger partial charge in [0.2, 0.25) is 0 Å². The van der Waals surface area contributed by atoms with Crippen LogP contribution in [0.15, 0.2) is 31.0 Å². The lowest BCUT2D eigenvalue weighted by molar-refractivity contribution is 0.0931. The number of aromatic nitrogens is 4. The Bertz CT molecular complexity index is 1290. The molecule has 1 N–H and O–H groups in total. The zero-order valence-corrected chi connectivity index (χ0v) is 19.1. The number of rotatable bonds is 5. The largest absolute Gasteiger partial charge is 0.370 e. The lowest BCUT2D eigenvalue weighted by atomic mass is 10.1. The third-order valence-electron chi connectivity index (χ3n) is 7.25. The highest BCUT2D eigenvalue weighted by Gasteiger charge is 2.45. The quantitative estimate of drug-likeness (QED) is 0.630. The van der Waals surface area contributed by atoms with E-state index in [-0.39, 0.29) is 11.9 Å². The maximum Gasteiger partial charge on any atom is 0.272 e. The molecule has 1 aromatic carbocycles. The van der Waals surface area contributed by atoms with Crippen molar-refractivity contribution < 1.29 is 4.79 Å². The van der Waals surface area contributed by atoms with Crippen LogP contribution in [-0.4, -0.2) is 38.1 Å². The first-order valence-corrected chi connectivity index (χ1v) is 11.7. The summed E-state index contributed by atoms with van der Waals surface area (Å²) in [5, 5.41) is 13.3. The Morgan fingerprint density at radius 2 is 2.09 bits per heavy atom. The molecule has 3 aromatic rings. The van der Waals surface area contributed by atoms with Crippen molar-refractivity contribution in [1.82, 2.24) is 24.4 Å². The van der Waals surface area contributed by atoms with Gasteiger partial charge in [-0.2, -0.15) is 5.26 Å². The van der Waals surface area contributed by atoms with Gasteiger partial charge in [0.05, 0.1) is 47.2 Å². The van der Waals surface area contributed by atoms with Crippen molar-refractivity contribution in [1.29, 1.82) is 5.26 Å². The second kappa shape index (κ2) is 7.63. The van der Waals surface area contributed by atoms with E-state index in [1.165, 1.54) is 12.1 Å². The highest BCUT2D eigenvalue weighted by molar-refractivity contribution is 6.33. The summed E-state index contributed by atoms with van der Waals surface area (Å²) in [6.45, 7) is 2.46. The summed E-state index contributed by atoms with van der Waals surface area (Å²) in [6, 6.07) is 6.19. The van der Waals surface area contributed by atoms with Gasteiger partial charge < -0.3 is 19.4 Å². The number of carbonyl (C=O) groups excluding carboxylic acids is 1. The van der Waals surface area contributed by atoms with Crippen LogP contribution in [-0.2, 0) is 20.0 Å². The number of nitriles is 1. The first kappa shape index (κ1) is 20.3. The first-order valence-electron chi connectivity index (χ1n) is 11.3. The Hall–Kier alpha value is -3.31. The summed E-state index contributed by atoms with van der Waals surface area (Å²) >= 11 is 6.65. The maximum atomic E-state index is 12.8. The average Bonchev–Trinajstić information content (AvgIpc) is 3.27. The number of benzene rings is 1. The van der Waals surface area contributed by atoms with Crippen LogP contribution < -0.4 is 10.2 Å². The minimum Gasteiger partial charge on any atom is -0.370 e. The molecule has 2 fully saturated rings. The number of piperidine rings is 1. The fourth-order valence-corrected chi connectivity index (χ4v) is 5.58. The third kappa shape index (κ3) is 3.47. The molecule has 1 amide bonds. The average molecular weight is 462 g/mol. The summed E-state index contributed by atoms with van der Waals surface area (Å²) in [6.07, 6.45) is 8.18. The summed E-state index contributed by atoms with van der Waals surface area (Å²) < 4.78 is 3.83. The number of anilines is 1. The fraction of sp³-hybridized carbons (Fsp3) is 0.417. The number of nitrogens with zero attached hydrogens (tertiary/aromatic N) is 6. The monoisotopic (exact) mass is 461 g/mol. The number of amides is 1. The number of carbonyl (C=O) groups is 1. The van der Waals surface area contributed by atoms with Crippen LogP contribution >= 0.6 is 11.6 Å². The molecule has 8 nitrogen and oxygen atoms in total. The van der Waals surface area contributed by atoms with Crippen LogP contribution in [0, 0.1) is 23.2 Å². The van der Waals surface area contributed by atoms with E-state index in [0.29, 0.717) is 22.8 Å². The Labute approximate surface area is 196 Å². The highest BCUT2D eigenvalue weighted by atomic mass is 35.5. The van der Waals surface area contributed by atoms with Crippen LogP contribution in [0.2, 0.25) is 5.02 Å². The number of imidazole rings is 2. The molecule has 3 heterocycles. The van der Waals surface area contributed by atoms with E-state index in [1.54, 1.807) is 18.9 Å². The van der Waals surface area contributed by atoms with Gasteiger partial charge in [0.25, 0.3) is 5.91 Å². The highest BCUT2D eigenvalue weighted by Crippen LogP contribution is 2.47. The molecule has 0 bridgehead atoms. The minimum atomic E-state index is -0.219. The molecule has 1 saturated heterocycles. The molecule has 9 heteroatoms. The van der Waals surface area contributed by atoms with Crippen molar-refractivity contribution in [2.45, 2.75) is 31.8 Å².